The van der Waals surface area contributed by atoms with E-state index >= 15 is 0 Å². The van der Waals surface area contributed by atoms with Crippen LogP contribution in [0.5, 0.6) is 0 Å². The van der Waals surface area contributed by atoms with Crippen molar-refractivity contribution < 1.29 is 24.0 Å². The molecule has 2 aliphatic carbocycles. The summed E-state index contributed by atoms with van der Waals surface area (Å²) in [5.41, 5.74) is 5.19. The topological polar surface area (TPSA) is 164 Å². The molecule has 46 heavy (non-hydrogen) atoms. The van der Waals surface area contributed by atoms with Crippen LogP contribution in [-0.2, 0) is 25.6 Å². The summed E-state index contributed by atoms with van der Waals surface area (Å²) in [4.78, 5) is 65.1. The van der Waals surface area contributed by atoms with Crippen molar-refractivity contribution in [2.24, 2.45) is 17.1 Å². The molecule has 1 aliphatic heterocycles. The minimum absolute atomic E-state index is 0.177. The predicted molar refractivity (Wildman–Crippen MR) is 183 cm³/mol. The average molecular weight is 661 g/mol. The van der Waals surface area contributed by atoms with Crippen molar-refractivity contribution in [3.63, 3.8) is 0 Å². The summed E-state index contributed by atoms with van der Waals surface area (Å²) in [5, 5.41) is 6.21. The summed E-state index contributed by atoms with van der Waals surface area (Å²) in [6, 6.07) is 2.08. The van der Waals surface area contributed by atoms with Crippen molar-refractivity contribution in [2.45, 2.75) is 135 Å². The van der Waals surface area contributed by atoms with Gasteiger partial charge in [-0.15, -0.1) is 0 Å². The van der Waals surface area contributed by atoms with Gasteiger partial charge in [0.05, 0.1) is 12.1 Å². The maximum atomic E-state index is 13.3. The molecule has 5 N–H and O–H groups in total. The number of hydrogen-bond acceptors (Lipinski definition) is 8. The minimum Gasteiger partial charge on any atom is -0.363 e. The summed E-state index contributed by atoms with van der Waals surface area (Å²) in [6.07, 6.45) is 16.0. The number of thiol groups is 1. The van der Waals surface area contributed by atoms with Crippen LogP contribution >= 0.6 is 12.8 Å². The maximum absolute atomic E-state index is 13.3. The summed E-state index contributed by atoms with van der Waals surface area (Å²) < 4.78 is 2.50. The Hall–Kier alpha value is -2.99. The highest BCUT2D eigenvalue weighted by Crippen LogP contribution is 2.34. The number of likely N-dealkylation sites (tertiary alicyclic amines) is 1. The van der Waals surface area contributed by atoms with Crippen LogP contribution in [0.15, 0.2) is 24.5 Å². The second kappa shape index (κ2) is 19.0. The number of amides is 4. The van der Waals surface area contributed by atoms with Crippen LogP contribution in [0.2, 0.25) is 0 Å². The summed E-state index contributed by atoms with van der Waals surface area (Å²) >= 11 is 3.77. The normalized spacial score (nSPS) is 20.0. The van der Waals surface area contributed by atoms with Gasteiger partial charge in [0.1, 0.15) is 12.3 Å². The molecule has 2 heterocycles. The van der Waals surface area contributed by atoms with Crippen LogP contribution in [0.4, 0.5) is 4.79 Å². The second-order valence-electron chi connectivity index (χ2n) is 13.9. The first-order chi connectivity index (χ1) is 21.8. The molecule has 2 saturated carbocycles. The fraction of sp³-hybridized carbons (Fsp3) is 0.706. The summed E-state index contributed by atoms with van der Waals surface area (Å²) in [6.45, 7) is 10.6. The van der Waals surface area contributed by atoms with Crippen molar-refractivity contribution in [1.29, 1.82) is 0 Å². The molecule has 3 fully saturated rings. The predicted octanol–water partition coefficient (Wildman–Crippen LogP) is 4.29. The van der Waals surface area contributed by atoms with Gasteiger partial charge in [-0.25, -0.2) is 4.79 Å². The second-order valence-corrected chi connectivity index (χ2v) is 14.2. The lowest BCUT2D eigenvalue weighted by Crippen LogP contribution is -2.61. The van der Waals surface area contributed by atoms with Crippen LogP contribution < -0.4 is 21.1 Å². The molecule has 3 atom stereocenters. The largest absolute Gasteiger partial charge is 0.363 e. The van der Waals surface area contributed by atoms with Crippen LogP contribution in [0, 0.1) is 11.3 Å². The van der Waals surface area contributed by atoms with Crippen LogP contribution in [0.1, 0.15) is 111 Å². The first-order valence-electron chi connectivity index (χ1n) is 16.8. The van der Waals surface area contributed by atoms with E-state index < -0.39 is 35.2 Å². The van der Waals surface area contributed by atoms with Crippen LogP contribution in [0.25, 0.3) is 0 Å². The average Bonchev–Trinajstić information content (AvgIpc) is 3.71. The number of hydrogen-bond donors (Lipinski definition) is 5. The van der Waals surface area contributed by atoms with Gasteiger partial charge in [0.2, 0.25) is 11.7 Å². The van der Waals surface area contributed by atoms with Gasteiger partial charge in [-0.2, -0.15) is 0 Å². The minimum atomic E-state index is -0.887. The number of urea groups is 1. The van der Waals surface area contributed by atoms with Crippen molar-refractivity contribution in [2.75, 3.05) is 6.54 Å². The Morgan fingerprint density at radius 3 is 2.17 bits per heavy atom. The van der Waals surface area contributed by atoms with E-state index in [1.165, 1.54) is 12.8 Å². The standard InChI is InChI=1S/C24H36N4O3.C7H12N2O2S.C3H8/c1-23(2,3)20(21(30)28-15-7-8-19(28)17-29)26-22(31)27-24(11-5-4-6-12-24)16-18-9-13-25-14-10-18;8-7(11)6(10)5(9-12)3-4-1-2-4;1-3-2/h9-10,13-14,17,19-20H,4-8,11-12,15-16H2,1-3H3,(H2,26,27,31);4-5,9,12H,1-3H2,(H2,8,11);3H2,1-2H3. The maximum Gasteiger partial charge on any atom is 0.315 e. The van der Waals surface area contributed by atoms with E-state index in [2.05, 4.69) is 47.0 Å². The lowest BCUT2D eigenvalue weighted by Gasteiger charge is -2.40. The fourth-order valence-corrected chi connectivity index (χ4v) is 6.20. The van der Waals surface area contributed by atoms with Crippen molar-refractivity contribution >= 4 is 42.7 Å². The van der Waals surface area contributed by atoms with E-state index in [4.69, 9.17) is 5.73 Å². The molecule has 0 bridgehead atoms. The molecule has 12 heteroatoms. The number of rotatable bonds is 11. The Morgan fingerprint density at radius 2 is 1.67 bits per heavy atom. The van der Waals surface area contributed by atoms with E-state index in [1.807, 2.05) is 32.9 Å². The third-order valence-electron chi connectivity index (χ3n) is 8.59. The Bertz CT molecular complexity index is 1130. The zero-order chi connectivity index (χ0) is 34.3. The van der Waals surface area contributed by atoms with Gasteiger partial charge in [0.25, 0.3) is 5.91 Å². The Labute approximate surface area is 280 Å². The van der Waals surface area contributed by atoms with Gasteiger partial charge in [-0.3, -0.25) is 24.1 Å². The molecule has 0 radical (unpaired) electrons. The molecule has 11 nitrogen and oxygen atoms in total. The molecule has 0 spiro atoms. The van der Waals surface area contributed by atoms with Gasteiger partial charge >= 0.3 is 6.03 Å². The van der Waals surface area contributed by atoms with Crippen LogP contribution in [0.3, 0.4) is 0 Å². The Morgan fingerprint density at radius 1 is 1.07 bits per heavy atom. The van der Waals surface area contributed by atoms with Crippen molar-refractivity contribution in [1.82, 2.24) is 25.2 Å². The number of ketones is 1. The molecule has 3 aliphatic rings. The number of carbonyl (C=O) groups excluding carboxylic acids is 5. The highest BCUT2D eigenvalue weighted by molar-refractivity contribution is 7.78. The SMILES string of the molecule is CC(C)(C)C(NC(=O)NC1(Cc2ccncc2)CCCCC1)C(=O)N1CCCC1C=O.CCC.NC(=O)C(=O)C(CC1CC1)NS. The lowest BCUT2D eigenvalue weighted by atomic mass is 9.77. The molecular weight excluding hydrogens is 604 g/mol. The van der Waals surface area contributed by atoms with E-state index in [1.54, 1.807) is 17.3 Å². The van der Waals surface area contributed by atoms with Crippen LogP contribution in [-0.4, -0.2) is 70.0 Å². The quantitative estimate of drug-likeness (QED) is 0.134. The molecule has 3 unspecified atom stereocenters. The number of Topliss-reactive ketones (excluding diaryl/α,β-unsaturated/α-hetero) is 1. The number of nitrogens with two attached hydrogens (primary N) is 1. The fourth-order valence-electron chi connectivity index (χ4n) is 5.97. The van der Waals surface area contributed by atoms with Gasteiger partial charge in [-0.1, -0.05) is 86.0 Å². The van der Waals surface area contributed by atoms with Gasteiger partial charge in [-0.05, 0) is 67.6 Å². The van der Waals surface area contributed by atoms with Gasteiger partial charge in [0, 0.05) is 24.5 Å². The molecule has 4 rings (SSSR count). The number of primary amides is 1. The number of carbonyl (C=O) groups is 5. The van der Waals surface area contributed by atoms with E-state index in [-0.39, 0.29) is 17.5 Å². The number of nitrogens with one attached hydrogen (secondary N) is 3. The molecule has 258 valence electrons. The van der Waals surface area contributed by atoms with E-state index in [9.17, 15) is 24.0 Å². The number of pyridine rings is 1. The first-order valence-corrected chi connectivity index (χ1v) is 17.2. The van der Waals surface area contributed by atoms with E-state index in [0.717, 1.165) is 63.2 Å². The van der Waals surface area contributed by atoms with Gasteiger partial charge in [0.15, 0.2) is 0 Å². The number of aldehydes is 1. The van der Waals surface area contributed by atoms with E-state index in [0.29, 0.717) is 25.3 Å². The highest BCUT2D eigenvalue weighted by Gasteiger charge is 2.41. The van der Waals surface area contributed by atoms with Gasteiger partial charge < -0.3 is 26.1 Å². The Kier molecular flexibility index (Phi) is 16.2. The lowest BCUT2D eigenvalue weighted by molar-refractivity contribution is -0.138. The molecule has 1 aromatic rings. The monoisotopic (exact) mass is 660 g/mol. The van der Waals surface area contributed by atoms with Crippen molar-refractivity contribution in [3.05, 3.63) is 30.1 Å². The first kappa shape index (κ1) is 39.2. The number of aromatic nitrogens is 1. The number of nitrogens with zero attached hydrogens (tertiary/aromatic N) is 2. The zero-order valence-electron chi connectivity index (χ0n) is 28.3. The third-order valence-corrected chi connectivity index (χ3v) is 8.90. The third kappa shape index (κ3) is 12.7. The van der Waals surface area contributed by atoms with Crippen molar-refractivity contribution in [3.8, 4) is 0 Å². The molecule has 1 saturated heterocycles. The Balaban J connectivity index is 0.000000407. The highest BCUT2D eigenvalue weighted by atomic mass is 32.1. The molecule has 0 aromatic carbocycles. The molecule has 4 amide bonds. The summed E-state index contributed by atoms with van der Waals surface area (Å²) in [5.74, 6) is -1.07. The summed E-state index contributed by atoms with van der Waals surface area (Å²) in [7, 11) is 0. The molecule has 1 aromatic heterocycles. The molecular formula is C34H56N6O5S. The smallest absolute Gasteiger partial charge is 0.315 e. The zero-order valence-corrected chi connectivity index (χ0v) is 29.2.